The van der Waals surface area contributed by atoms with Gasteiger partial charge in [-0.2, -0.15) is 0 Å². The van der Waals surface area contributed by atoms with Crippen LogP contribution in [0, 0.1) is 11.8 Å². The summed E-state index contributed by atoms with van der Waals surface area (Å²) in [4.78, 5) is 2.60. The Morgan fingerprint density at radius 3 is 2.67 bits per heavy atom. The van der Waals surface area contributed by atoms with E-state index in [0.717, 1.165) is 18.5 Å². The molecule has 86 valence electrons. The van der Waals surface area contributed by atoms with E-state index in [1.165, 1.54) is 51.5 Å². The third-order valence-electron chi connectivity index (χ3n) is 4.70. The minimum absolute atomic E-state index is 0.0238. The van der Waals surface area contributed by atoms with Crippen molar-refractivity contribution >= 4 is 0 Å². The summed E-state index contributed by atoms with van der Waals surface area (Å²) in [5, 5.41) is 10.0. The number of aliphatic hydroxyl groups excluding tert-OH is 1. The average Bonchev–Trinajstić information content (AvgIpc) is 2.97. The van der Waals surface area contributed by atoms with Crippen molar-refractivity contribution in [1.29, 1.82) is 0 Å². The summed E-state index contributed by atoms with van der Waals surface area (Å²) < 4.78 is 0. The molecule has 1 N–H and O–H groups in total. The highest BCUT2D eigenvalue weighted by Gasteiger charge is 2.38. The molecule has 1 saturated heterocycles. The molecule has 2 aliphatic carbocycles. The van der Waals surface area contributed by atoms with Crippen molar-refractivity contribution in [3.63, 3.8) is 0 Å². The first-order chi connectivity index (χ1) is 7.34. The van der Waals surface area contributed by atoms with E-state index in [1.807, 2.05) is 0 Å². The van der Waals surface area contributed by atoms with Crippen molar-refractivity contribution in [3.05, 3.63) is 0 Å². The molecular weight excluding hydrogens is 186 g/mol. The number of aliphatic hydroxyl groups is 1. The molecule has 2 saturated carbocycles. The fraction of sp³-hybridized carbons (Fsp3) is 1.00. The minimum Gasteiger partial charge on any atom is -0.392 e. The summed E-state index contributed by atoms with van der Waals surface area (Å²) in [5.74, 6) is 1.61. The first-order valence-electron chi connectivity index (χ1n) is 6.77. The molecule has 2 nitrogen and oxygen atoms in total. The molecule has 0 aromatic rings. The number of hydrogen-bond acceptors (Lipinski definition) is 2. The van der Waals surface area contributed by atoms with Crippen LogP contribution in [0.2, 0.25) is 0 Å². The first kappa shape index (κ1) is 10.1. The predicted octanol–water partition coefficient (Wildman–Crippen LogP) is 2.02. The number of piperidine rings is 1. The third kappa shape index (κ3) is 2.07. The fourth-order valence-electron chi connectivity index (χ4n) is 3.65. The lowest BCUT2D eigenvalue weighted by molar-refractivity contribution is 0.0416. The van der Waals surface area contributed by atoms with E-state index >= 15 is 0 Å². The second-order valence-electron chi connectivity index (χ2n) is 5.80. The summed E-state index contributed by atoms with van der Waals surface area (Å²) in [6, 6.07) is 0.826. The van der Waals surface area contributed by atoms with Gasteiger partial charge in [0.2, 0.25) is 0 Å². The Morgan fingerprint density at radius 1 is 1.07 bits per heavy atom. The molecular formula is C13H23NO. The van der Waals surface area contributed by atoms with Gasteiger partial charge in [-0.15, -0.1) is 0 Å². The quantitative estimate of drug-likeness (QED) is 0.768. The van der Waals surface area contributed by atoms with Crippen LogP contribution in [0.3, 0.4) is 0 Å². The van der Waals surface area contributed by atoms with Crippen LogP contribution in [-0.4, -0.2) is 35.2 Å². The number of β-amino-alcohol motifs (C(OH)–C–C–N with tert-alkyl or cyclic N) is 1. The van der Waals surface area contributed by atoms with E-state index in [2.05, 4.69) is 4.90 Å². The van der Waals surface area contributed by atoms with E-state index in [0.29, 0.717) is 5.92 Å². The molecule has 15 heavy (non-hydrogen) atoms. The monoisotopic (exact) mass is 209 g/mol. The van der Waals surface area contributed by atoms with Gasteiger partial charge in [-0.1, -0.05) is 6.42 Å². The summed E-state index contributed by atoms with van der Waals surface area (Å²) in [6.07, 6.45) is 9.57. The predicted molar refractivity (Wildman–Crippen MR) is 60.7 cm³/mol. The van der Waals surface area contributed by atoms with Gasteiger partial charge in [0.25, 0.3) is 0 Å². The zero-order chi connectivity index (χ0) is 10.3. The average molecular weight is 209 g/mol. The second kappa shape index (κ2) is 4.06. The Bertz CT molecular complexity index is 227. The van der Waals surface area contributed by atoms with Gasteiger partial charge < -0.3 is 5.11 Å². The largest absolute Gasteiger partial charge is 0.392 e. The van der Waals surface area contributed by atoms with Crippen LogP contribution in [0.15, 0.2) is 0 Å². The summed E-state index contributed by atoms with van der Waals surface area (Å²) in [5.41, 5.74) is 0. The van der Waals surface area contributed by atoms with Gasteiger partial charge in [0.1, 0.15) is 0 Å². The molecule has 3 atom stereocenters. The van der Waals surface area contributed by atoms with Crippen molar-refractivity contribution in [2.75, 3.05) is 13.1 Å². The highest BCUT2D eigenvalue weighted by Crippen LogP contribution is 2.38. The molecule has 1 aliphatic heterocycles. The molecule has 3 aliphatic rings. The number of likely N-dealkylation sites (tertiary alicyclic amines) is 1. The van der Waals surface area contributed by atoms with Crippen molar-refractivity contribution < 1.29 is 5.11 Å². The smallest absolute Gasteiger partial charge is 0.0695 e. The van der Waals surface area contributed by atoms with Crippen molar-refractivity contribution in [1.82, 2.24) is 4.90 Å². The van der Waals surface area contributed by atoms with Crippen LogP contribution in [0.4, 0.5) is 0 Å². The Kier molecular flexibility index (Phi) is 2.73. The second-order valence-corrected chi connectivity index (χ2v) is 5.80. The van der Waals surface area contributed by atoms with Crippen molar-refractivity contribution in [2.45, 2.75) is 57.1 Å². The van der Waals surface area contributed by atoms with E-state index in [4.69, 9.17) is 0 Å². The van der Waals surface area contributed by atoms with E-state index < -0.39 is 0 Å². The maximum absolute atomic E-state index is 10.0. The normalized spacial score (nSPS) is 39.0. The van der Waals surface area contributed by atoms with Gasteiger partial charge in [-0.05, 0) is 56.9 Å². The zero-order valence-corrected chi connectivity index (χ0v) is 9.57. The third-order valence-corrected chi connectivity index (χ3v) is 4.70. The highest BCUT2D eigenvalue weighted by molar-refractivity contribution is 4.92. The standard InChI is InChI=1S/C13H23NO/c15-13(11-6-7-11)9-14-8-2-4-10-3-1-5-12(10)14/h10-13,15H,1-9H2. The Balaban J connectivity index is 1.58. The van der Waals surface area contributed by atoms with Gasteiger partial charge in [-0.3, -0.25) is 4.90 Å². The zero-order valence-electron chi connectivity index (χ0n) is 9.57. The lowest BCUT2D eigenvalue weighted by Crippen LogP contribution is -2.46. The summed E-state index contributed by atoms with van der Waals surface area (Å²) in [6.45, 7) is 2.21. The molecule has 0 aromatic heterocycles. The molecule has 0 amide bonds. The van der Waals surface area contributed by atoms with E-state index in [9.17, 15) is 5.11 Å². The van der Waals surface area contributed by atoms with Gasteiger partial charge in [0.05, 0.1) is 6.10 Å². The lowest BCUT2D eigenvalue weighted by atomic mass is 9.91. The Labute approximate surface area is 92.7 Å². The highest BCUT2D eigenvalue weighted by atomic mass is 16.3. The van der Waals surface area contributed by atoms with Crippen LogP contribution in [0.1, 0.15) is 44.9 Å². The van der Waals surface area contributed by atoms with Gasteiger partial charge in [0.15, 0.2) is 0 Å². The number of nitrogens with zero attached hydrogens (tertiary/aromatic N) is 1. The number of rotatable bonds is 3. The van der Waals surface area contributed by atoms with Gasteiger partial charge in [0, 0.05) is 12.6 Å². The lowest BCUT2D eigenvalue weighted by Gasteiger charge is -2.38. The van der Waals surface area contributed by atoms with E-state index in [-0.39, 0.29) is 6.10 Å². The maximum Gasteiger partial charge on any atom is 0.0695 e. The minimum atomic E-state index is -0.0238. The molecule has 0 radical (unpaired) electrons. The molecule has 3 rings (SSSR count). The molecule has 0 aromatic carbocycles. The molecule has 0 bridgehead atoms. The van der Waals surface area contributed by atoms with Crippen LogP contribution in [-0.2, 0) is 0 Å². The van der Waals surface area contributed by atoms with Crippen LogP contribution >= 0.6 is 0 Å². The topological polar surface area (TPSA) is 23.5 Å². The molecule has 3 unspecified atom stereocenters. The van der Waals surface area contributed by atoms with Crippen molar-refractivity contribution in [3.8, 4) is 0 Å². The van der Waals surface area contributed by atoms with Crippen LogP contribution < -0.4 is 0 Å². The van der Waals surface area contributed by atoms with Crippen molar-refractivity contribution in [2.24, 2.45) is 11.8 Å². The van der Waals surface area contributed by atoms with E-state index in [1.54, 1.807) is 0 Å². The SMILES string of the molecule is OC(CN1CCCC2CCCC21)C1CC1. The number of fused-ring (bicyclic) bond motifs is 1. The molecule has 3 fully saturated rings. The Hall–Kier alpha value is -0.0800. The number of hydrogen-bond donors (Lipinski definition) is 1. The van der Waals surface area contributed by atoms with Crippen LogP contribution in [0.5, 0.6) is 0 Å². The van der Waals surface area contributed by atoms with Crippen LogP contribution in [0.25, 0.3) is 0 Å². The summed E-state index contributed by atoms with van der Waals surface area (Å²) >= 11 is 0. The molecule has 1 heterocycles. The molecule has 0 spiro atoms. The Morgan fingerprint density at radius 2 is 1.87 bits per heavy atom. The maximum atomic E-state index is 10.0. The molecule has 2 heteroatoms. The fourth-order valence-corrected chi connectivity index (χ4v) is 3.65. The first-order valence-corrected chi connectivity index (χ1v) is 6.77. The van der Waals surface area contributed by atoms with Gasteiger partial charge >= 0.3 is 0 Å². The summed E-state index contributed by atoms with van der Waals surface area (Å²) in [7, 11) is 0. The van der Waals surface area contributed by atoms with Gasteiger partial charge in [-0.25, -0.2) is 0 Å².